The number of hydrogen-bond acceptors (Lipinski definition) is 5. The molecule has 1 aromatic heterocycles. The first-order valence-corrected chi connectivity index (χ1v) is 10.4. The molecule has 2 heterocycles. The first-order valence-electron chi connectivity index (χ1n) is 10.4. The standard InChI is InChI=1S/C21H23FN4O.C2HF3O2/c1-25-19-11-12-26(13-16-7-9-18(22)10-8-16)20(21(19)23-24-25)15-27-14-17-5-3-2-4-6-17;3-2(4,5)1(6)7/h2-10,20H,11-15H2,1H3;(H,6,7). The summed E-state index contributed by atoms with van der Waals surface area (Å²) in [6.45, 7) is 2.74. The van der Waals surface area contributed by atoms with Crippen LogP contribution in [-0.2, 0) is 36.2 Å². The van der Waals surface area contributed by atoms with Crippen molar-refractivity contribution in [2.75, 3.05) is 13.2 Å². The molecule has 182 valence electrons. The van der Waals surface area contributed by atoms with Gasteiger partial charge in [-0.1, -0.05) is 47.7 Å². The highest BCUT2D eigenvalue weighted by Crippen LogP contribution is 2.29. The third-order valence-electron chi connectivity index (χ3n) is 5.29. The molecule has 1 aliphatic rings. The fourth-order valence-corrected chi connectivity index (χ4v) is 3.58. The normalized spacial score (nSPS) is 15.9. The quantitative estimate of drug-likeness (QED) is 0.539. The lowest BCUT2D eigenvalue weighted by Gasteiger charge is -2.34. The van der Waals surface area contributed by atoms with Gasteiger partial charge in [0.05, 0.1) is 24.9 Å². The highest BCUT2D eigenvalue weighted by molar-refractivity contribution is 5.73. The minimum absolute atomic E-state index is 0.0382. The molecule has 1 N–H and O–H groups in total. The van der Waals surface area contributed by atoms with Gasteiger partial charge in [0.2, 0.25) is 0 Å². The van der Waals surface area contributed by atoms with Crippen molar-refractivity contribution in [3.8, 4) is 0 Å². The molecule has 0 bridgehead atoms. The van der Waals surface area contributed by atoms with E-state index in [-0.39, 0.29) is 11.9 Å². The number of nitrogens with zero attached hydrogens (tertiary/aromatic N) is 4. The summed E-state index contributed by atoms with van der Waals surface area (Å²) in [5.74, 6) is -2.97. The van der Waals surface area contributed by atoms with E-state index in [9.17, 15) is 17.6 Å². The van der Waals surface area contributed by atoms with E-state index < -0.39 is 12.1 Å². The largest absolute Gasteiger partial charge is 0.490 e. The van der Waals surface area contributed by atoms with Crippen molar-refractivity contribution in [3.05, 3.63) is 82.9 Å². The molecular formula is C23H24F4N4O3. The number of aryl methyl sites for hydroxylation is 1. The van der Waals surface area contributed by atoms with Crippen LogP contribution in [0.4, 0.5) is 17.6 Å². The van der Waals surface area contributed by atoms with E-state index >= 15 is 0 Å². The molecule has 0 fully saturated rings. The zero-order valence-electron chi connectivity index (χ0n) is 18.4. The Labute approximate surface area is 193 Å². The van der Waals surface area contributed by atoms with Crippen molar-refractivity contribution in [2.24, 2.45) is 7.05 Å². The summed E-state index contributed by atoms with van der Waals surface area (Å²) >= 11 is 0. The maximum absolute atomic E-state index is 13.2. The van der Waals surface area contributed by atoms with Gasteiger partial charge >= 0.3 is 12.1 Å². The number of carbonyl (C=O) groups is 1. The van der Waals surface area contributed by atoms with Crippen LogP contribution in [0.2, 0.25) is 0 Å². The van der Waals surface area contributed by atoms with E-state index in [4.69, 9.17) is 14.6 Å². The Morgan fingerprint density at radius 2 is 1.76 bits per heavy atom. The van der Waals surface area contributed by atoms with E-state index in [0.717, 1.165) is 36.3 Å². The van der Waals surface area contributed by atoms with Gasteiger partial charge in [0.25, 0.3) is 0 Å². The Morgan fingerprint density at radius 1 is 1.12 bits per heavy atom. The van der Waals surface area contributed by atoms with Crippen LogP contribution < -0.4 is 0 Å². The fraction of sp³-hybridized carbons (Fsp3) is 0.348. The number of aliphatic carboxylic acids is 1. The predicted molar refractivity (Wildman–Crippen MR) is 114 cm³/mol. The van der Waals surface area contributed by atoms with E-state index in [2.05, 4.69) is 27.3 Å². The average Bonchev–Trinajstić information content (AvgIpc) is 3.18. The molecule has 4 rings (SSSR count). The van der Waals surface area contributed by atoms with Crippen molar-refractivity contribution in [1.82, 2.24) is 19.9 Å². The molecule has 0 aliphatic carbocycles. The maximum atomic E-state index is 13.2. The highest BCUT2D eigenvalue weighted by atomic mass is 19.4. The zero-order valence-corrected chi connectivity index (χ0v) is 18.4. The van der Waals surface area contributed by atoms with Gasteiger partial charge < -0.3 is 9.84 Å². The van der Waals surface area contributed by atoms with E-state index in [1.165, 1.54) is 17.8 Å². The number of alkyl halides is 3. The number of fused-ring (bicyclic) bond motifs is 1. The summed E-state index contributed by atoms with van der Waals surface area (Å²) in [5, 5.41) is 15.7. The average molecular weight is 480 g/mol. The minimum Gasteiger partial charge on any atom is -0.475 e. The molecule has 0 amide bonds. The van der Waals surface area contributed by atoms with Crippen LogP contribution >= 0.6 is 0 Å². The van der Waals surface area contributed by atoms with Gasteiger partial charge in [-0.25, -0.2) is 9.18 Å². The van der Waals surface area contributed by atoms with Gasteiger partial charge in [0.15, 0.2) is 0 Å². The Kier molecular flexibility index (Phi) is 8.35. The van der Waals surface area contributed by atoms with Gasteiger partial charge in [-0.2, -0.15) is 13.2 Å². The van der Waals surface area contributed by atoms with Crippen molar-refractivity contribution in [3.63, 3.8) is 0 Å². The summed E-state index contributed by atoms with van der Waals surface area (Å²) in [4.78, 5) is 11.2. The lowest BCUT2D eigenvalue weighted by atomic mass is 10.0. The van der Waals surface area contributed by atoms with Crippen molar-refractivity contribution in [2.45, 2.75) is 31.8 Å². The Balaban J connectivity index is 0.000000406. The van der Waals surface area contributed by atoms with Gasteiger partial charge in [-0.3, -0.25) is 9.58 Å². The second-order valence-corrected chi connectivity index (χ2v) is 7.71. The van der Waals surface area contributed by atoms with E-state index in [1.54, 1.807) is 0 Å². The van der Waals surface area contributed by atoms with E-state index in [1.807, 2.05) is 42.1 Å². The monoisotopic (exact) mass is 480 g/mol. The molecule has 2 aromatic carbocycles. The number of carboxylic acids is 1. The molecule has 7 nitrogen and oxygen atoms in total. The summed E-state index contributed by atoms with van der Waals surface area (Å²) in [6, 6.07) is 16.9. The Morgan fingerprint density at radius 3 is 2.38 bits per heavy atom. The number of aromatic nitrogens is 3. The molecule has 1 aliphatic heterocycles. The molecule has 1 atom stereocenters. The van der Waals surface area contributed by atoms with Crippen molar-refractivity contribution < 1.29 is 32.2 Å². The predicted octanol–water partition coefficient (Wildman–Crippen LogP) is 3.90. The number of halogens is 4. The SMILES string of the molecule is Cn1nnc2c1CCN(Cc1ccc(F)cc1)C2COCc1ccccc1.O=C(O)C(F)(F)F. The number of carboxylic acid groups (broad SMARTS) is 1. The maximum Gasteiger partial charge on any atom is 0.490 e. The van der Waals surface area contributed by atoms with Crippen LogP contribution in [-0.4, -0.2) is 50.3 Å². The molecule has 0 radical (unpaired) electrons. The van der Waals surface area contributed by atoms with Crippen molar-refractivity contribution in [1.29, 1.82) is 0 Å². The molecule has 0 saturated carbocycles. The third kappa shape index (κ3) is 6.84. The second-order valence-electron chi connectivity index (χ2n) is 7.71. The molecule has 3 aromatic rings. The second kappa shape index (κ2) is 11.2. The summed E-state index contributed by atoms with van der Waals surface area (Å²) in [7, 11) is 1.93. The first kappa shape index (κ1) is 25.3. The smallest absolute Gasteiger partial charge is 0.475 e. The van der Waals surface area contributed by atoms with Crippen LogP contribution in [0.5, 0.6) is 0 Å². The molecule has 0 spiro atoms. The molecule has 0 saturated heterocycles. The van der Waals surface area contributed by atoms with Gasteiger partial charge in [-0.05, 0) is 23.3 Å². The number of rotatable bonds is 6. The zero-order chi connectivity index (χ0) is 24.7. The van der Waals surface area contributed by atoms with Crippen molar-refractivity contribution >= 4 is 5.97 Å². The van der Waals surface area contributed by atoms with Crippen LogP contribution in [0.25, 0.3) is 0 Å². The minimum atomic E-state index is -5.08. The van der Waals surface area contributed by atoms with Crippen LogP contribution in [0, 0.1) is 5.82 Å². The van der Waals surface area contributed by atoms with Gasteiger partial charge in [0, 0.05) is 26.6 Å². The molecular weight excluding hydrogens is 456 g/mol. The number of benzene rings is 2. The summed E-state index contributed by atoms with van der Waals surface area (Å²) in [5.41, 5.74) is 4.38. The van der Waals surface area contributed by atoms with Gasteiger partial charge in [-0.15, -0.1) is 5.10 Å². The summed E-state index contributed by atoms with van der Waals surface area (Å²) < 4.78 is 52.8. The molecule has 1 unspecified atom stereocenters. The third-order valence-corrected chi connectivity index (χ3v) is 5.29. The van der Waals surface area contributed by atoms with Gasteiger partial charge in [0.1, 0.15) is 11.5 Å². The number of hydrogen-bond donors (Lipinski definition) is 1. The highest BCUT2D eigenvalue weighted by Gasteiger charge is 2.38. The van der Waals surface area contributed by atoms with E-state index in [0.29, 0.717) is 13.2 Å². The fourth-order valence-electron chi connectivity index (χ4n) is 3.58. The van der Waals surface area contributed by atoms with Crippen LogP contribution in [0.3, 0.4) is 0 Å². The Hall–Kier alpha value is -3.31. The first-order chi connectivity index (χ1) is 16.1. The van der Waals surface area contributed by atoms with Crippen LogP contribution in [0.15, 0.2) is 54.6 Å². The number of ether oxygens (including phenoxy) is 1. The topological polar surface area (TPSA) is 80.5 Å². The van der Waals surface area contributed by atoms with Crippen LogP contribution in [0.1, 0.15) is 28.6 Å². The summed E-state index contributed by atoms with van der Waals surface area (Å²) in [6.07, 6.45) is -4.19. The Bertz CT molecular complexity index is 1070. The molecule has 11 heteroatoms. The lowest BCUT2D eigenvalue weighted by Crippen LogP contribution is -2.38. The molecule has 34 heavy (non-hydrogen) atoms. The lowest BCUT2D eigenvalue weighted by molar-refractivity contribution is -0.192.